The summed E-state index contributed by atoms with van der Waals surface area (Å²) in [6.45, 7) is 1.78. The number of rotatable bonds is 5. The highest BCUT2D eigenvalue weighted by Crippen LogP contribution is 2.37. The second kappa shape index (κ2) is 5.24. The third-order valence-electron chi connectivity index (χ3n) is 3.94. The number of nitrogens with zero attached hydrogens (tertiary/aromatic N) is 2. The van der Waals surface area contributed by atoms with E-state index in [0.29, 0.717) is 6.42 Å². The van der Waals surface area contributed by atoms with Gasteiger partial charge in [0.25, 0.3) is 0 Å². The van der Waals surface area contributed by atoms with Crippen molar-refractivity contribution in [3.63, 3.8) is 0 Å². The highest BCUT2D eigenvalue weighted by molar-refractivity contribution is 5.72. The topological polar surface area (TPSA) is 64.2 Å². The quantitative estimate of drug-likeness (QED) is 0.919. The highest BCUT2D eigenvalue weighted by atomic mass is 16.4. The summed E-state index contributed by atoms with van der Waals surface area (Å²) in [6, 6.07) is 9.05. The lowest BCUT2D eigenvalue weighted by Gasteiger charge is -2.09. The minimum atomic E-state index is -0.966. The average Bonchev–Trinajstić information content (AvgIpc) is 3.26. The zero-order valence-electron chi connectivity index (χ0n) is 11.9. The number of carbonyl (C=O) groups is 1. The van der Waals surface area contributed by atoms with E-state index in [1.165, 1.54) is 4.57 Å². The van der Waals surface area contributed by atoms with Crippen LogP contribution < -0.4 is 5.69 Å². The van der Waals surface area contributed by atoms with Crippen molar-refractivity contribution in [3.05, 3.63) is 47.0 Å². The summed E-state index contributed by atoms with van der Waals surface area (Å²) in [7, 11) is 0. The van der Waals surface area contributed by atoms with Gasteiger partial charge in [0.1, 0.15) is 6.04 Å². The first-order valence-electron chi connectivity index (χ1n) is 7.25. The molecule has 21 heavy (non-hydrogen) atoms. The predicted molar refractivity (Wildman–Crippen MR) is 79.4 cm³/mol. The second-order valence-corrected chi connectivity index (χ2v) is 5.43. The predicted octanol–water partition coefficient (Wildman–Crippen LogP) is 2.69. The zero-order chi connectivity index (χ0) is 15.0. The molecule has 1 N–H and O–H groups in total. The van der Waals surface area contributed by atoms with Crippen LogP contribution in [0.1, 0.15) is 38.3 Å². The summed E-state index contributed by atoms with van der Waals surface area (Å²) in [5.41, 5.74) is 1.54. The standard InChI is InChI=1S/C16H18N2O3/c1-2-13(15(19)20)17-10-14(11-6-4-3-5-7-11)18(16(17)21)12-8-9-12/h3-7,10,12-13H,2,8-9H2,1H3,(H,19,20). The summed E-state index contributed by atoms with van der Waals surface area (Å²) in [6.07, 6.45) is 4.04. The van der Waals surface area contributed by atoms with Crippen LogP contribution in [0, 0.1) is 0 Å². The van der Waals surface area contributed by atoms with Gasteiger partial charge in [0, 0.05) is 12.2 Å². The number of aromatic nitrogens is 2. The van der Waals surface area contributed by atoms with Crippen LogP contribution in [0.25, 0.3) is 11.3 Å². The molecule has 1 saturated carbocycles. The molecule has 1 aromatic carbocycles. The Hall–Kier alpha value is -2.30. The molecule has 1 unspecified atom stereocenters. The molecule has 2 aromatic rings. The van der Waals surface area contributed by atoms with Crippen LogP contribution in [-0.4, -0.2) is 20.2 Å². The SMILES string of the molecule is CCC(C(=O)O)n1cc(-c2ccccc2)n(C2CC2)c1=O. The number of carboxylic acid groups (broad SMARTS) is 1. The molecule has 1 aliphatic carbocycles. The van der Waals surface area contributed by atoms with Crippen LogP contribution in [0.2, 0.25) is 0 Å². The fourth-order valence-corrected chi connectivity index (χ4v) is 2.70. The number of aliphatic carboxylic acids is 1. The largest absolute Gasteiger partial charge is 0.480 e. The summed E-state index contributed by atoms with van der Waals surface area (Å²) < 4.78 is 3.12. The molecule has 1 atom stereocenters. The van der Waals surface area contributed by atoms with Crippen LogP contribution in [0.3, 0.4) is 0 Å². The van der Waals surface area contributed by atoms with E-state index in [9.17, 15) is 14.7 Å². The first-order valence-corrected chi connectivity index (χ1v) is 7.25. The Morgan fingerprint density at radius 3 is 2.52 bits per heavy atom. The van der Waals surface area contributed by atoms with Gasteiger partial charge in [0.2, 0.25) is 0 Å². The van der Waals surface area contributed by atoms with Gasteiger partial charge in [-0.25, -0.2) is 9.59 Å². The van der Waals surface area contributed by atoms with Gasteiger partial charge in [-0.3, -0.25) is 9.13 Å². The molecule has 0 saturated heterocycles. The van der Waals surface area contributed by atoms with Crippen molar-refractivity contribution in [2.24, 2.45) is 0 Å². The molecule has 0 bridgehead atoms. The van der Waals surface area contributed by atoms with Crippen molar-refractivity contribution in [1.82, 2.24) is 9.13 Å². The minimum Gasteiger partial charge on any atom is -0.480 e. The van der Waals surface area contributed by atoms with Gasteiger partial charge in [-0.05, 0) is 24.8 Å². The lowest BCUT2D eigenvalue weighted by Crippen LogP contribution is -2.30. The molecule has 1 aromatic heterocycles. The van der Waals surface area contributed by atoms with Crippen molar-refractivity contribution in [1.29, 1.82) is 0 Å². The van der Waals surface area contributed by atoms with Gasteiger partial charge >= 0.3 is 11.7 Å². The van der Waals surface area contributed by atoms with E-state index in [1.807, 2.05) is 30.3 Å². The van der Waals surface area contributed by atoms with Crippen LogP contribution in [0.15, 0.2) is 41.3 Å². The molecule has 5 heteroatoms. The minimum absolute atomic E-state index is 0.209. The number of benzene rings is 1. The Labute approximate surface area is 122 Å². The number of carboxylic acids is 1. The average molecular weight is 286 g/mol. The lowest BCUT2D eigenvalue weighted by molar-refractivity contribution is -0.141. The monoisotopic (exact) mass is 286 g/mol. The van der Waals surface area contributed by atoms with Gasteiger partial charge in [0.15, 0.2) is 0 Å². The first kappa shape index (κ1) is 13.7. The molecule has 0 amide bonds. The van der Waals surface area contributed by atoms with E-state index in [0.717, 1.165) is 24.1 Å². The van der Waals surface area contributed by atoms with E-state index in [4.69, 9.17) is 0 Å². The molecular weight excluding hydrogens is 268 g/mol. The molecule has 1 heterocycles. The van der Waals surface area contributed by atoms with Gasteiger partial charge in [0.05, 0.1) is 5.69 Å². The van der Waals surface area contributed by atoms with Gasteiger partial charge in [-0.1, -0.05) is 37.3 Å². The smallest absolute Gasteiger partial charge is 0.329 e. The lowest BCUT2D eigenvalue weighted by atomic mass is 10.1. The van der Waals surface area contributed by atoms with Crippen LogP contribution in [-0.2, 0) is 4.79 Å². The maximum Gasteiger partial charge on any atom is 0.329 e. The maximum absolute atomic E-state index is 12.6. The van der Waals surface area contributed by atoms with Gasteiger partial charge in [-0.2, -0.15) is 0 Å². The summed E-state index contributed by atoms with van der Waals surface area (Å²) in [4.78, 5) is 24.0. The van der Waals surface area contributed by atoms with Crippen molar-refractivity contribution in [2.75, 3.05) is 0 Å². The van der Waals surface area contributed by atoms with E-state index in [1.54, 1.807) is 17.7 Å². The van der Waals surface area contributed by atoms with Crippen LogP contribution >= 0.6 is 0 Å². The van der Waals surface area contributed by atoms with Crippen LogP contribution in [0.5, 0.6) is 0 Å². The summed E-state index contributed by atoms with van der Waals surface area (Å²) in [5, 5.41) is 9.31. The molecule has 3 rings (SSSR count). The van der Waals surface area contributed by atoms with Crippen molar-refractivity contribution in [3.8, 4) is 11.3 Å². The van der Waals surface area contributed by atoms with Gasteiger partial charge in [-0.15, -0.1) is 0 Å². The van der Waals surface area contributed by atoms with Crippen LogP contribution in [0.4, 0.5) is 0 Å². The molecule has 110 valence electrons. The van der Waals surface area contributed by atoms with Crippen molar-refractivity contribution >= 4 is 5.97 Å². The van der Waals surface area contributed by atoms with E-state index in [-0.39, 0.29) is 11.7 Å². The van der Waals surface area contributed by atoms with E-state index in [2.05, 4.69) is 0 Å². The Balaban J connectivity index is 2.17. The molecule has 0 radical (unpaired) electrons. The Morgan fingerprint density at radius 2 is 2.00 bits per heavy atom. The number of hydrogen-bond donors (Lipinski definition) is 1. The summed E-state index contributed by atoms with van der Waals surface area (Å²) >= 11 is 0. The fourth-order valence-electron chi connectivity index (χ4n) is 2.70. The molecule has 0 spiro atoms. The van der Waals surface area contributed by atoms with Gasteiger partial charge < -0.3 is 5.11 Å². The molecule has 1 fully saturated rings. The highest BCUT2D eigenvalue weighted by Gasteiger charge is 2.31. The third kappa shape index (κ3) is 2.39. The Bertz CT molecular complexity index is 711. The number of imidazole rings is 1. The first-order chi connectivity index (χ1) is 10.1. The Kier molecular flexibility index (Phi) is 3.41. The zero-order valence-corrected chi connectivity index (χ0v) is 11.9. The molecule has 5 nitrogen and oxygen atoms in total. The fraction of sp³-hybridized carbons (Fsp3) is 0.375. The molecule has 1 aliphatic rings. The third-order valence-corrected chi connectivity index (χ3v) is 3.94. The van der Waals surface area contributed by atoms with E-state index >= 15 is 0 Å². The van der Waals surface area contributed by atoms with E-state index < -0.39 is 12.0 Å². The molecular formula is C16H18N2O3. The van der Waals surface area contributed by atoms with Crippen molar-refractivity contribution < 1.29 is 9.90 Å². The molecule has 0 aliphatic heterocycles. The maximum atomic E-state index is 12.6. The number of hydrogen-bond acceptors (Lipinski definition) is 2. The normalized spacial score (nSPS) is 15.9. The van der Waals surface area contributed by atoms with Crippen molar-refractivity contribution in [2.45, 2.75) is 38.3 Å². The second-order valence-electron chi connectivity index (χ2n) is 5.43. The Morgan fingerprint density at radius 1 is 1.33 bits per heavy atom. The summed E-state index contributed by atoms with van der Waals surface area (Å²) in [5.74, 6) is -0.966.